The first-order valence-corrected chi connectivity index (χ1v) is 6.64. The molecule has 1 atom stereocenters. The molecule has 0 amide bonds. The molecule has 0 aromatic heterocycles. The average molecular weight is 284 g/mol. The Hall–Kier alpha value is -0.540. The number of benzene rings is 1. The summed E-state index contributed by atoms with van der Waals surface area (Å²) in [7, 11) is 0. The first kappa shape index (κ1) is 11.9. The maximum absolute atomic E-state index is 5.94. The maximum atomic E-state index is 5.94. The molecule has 3 heteroatoms. The third kappa shape index (κ3) is 2.77. The molecule has 1 aromatic carbocycles. The van der Waals surface area contributed by atoms with E-state index in [2.05, 4.69) is 15.9 Å². The number of hydrogen-bond donors (Lipinski definition) is 1. The van der Waals surface area contributed by atoms with Crippen molar-refractivity contribution in [2.75, 3.05) is 6.61 Å². The molecule has 0 bridgehead atoms. The van der Waals surface area contributed by atoms with E-state index in [0.717, 1.165) is 28.3 Å². The van der Waals surface area contributed by atoms with Gasteiger partial charge in [-0.2, -0.15) is 0 Å². The lowest BCUT2D eigenvalue weighted by Gasteiger charge is -2.26. The van der Waals surface area contributed by atoms with E-state index >= 15 is 0 Å². The van der Waals surface area contributed by atoms with Crippen LogP contribution in [0.25, 0.3) is 0 Å². The van der Waals surface area contributed by atoms with Crippen LogP contribution in [-0.2, 0) is 0 Å². The average Bonchev–Trinajstić information content (AvgIpc) is 2.17. The Morgan fingerprint density at radius 1 is 1.50 bits per heavy atom. The van der Waals surface area contributed by atoms with Crippen LogP contribution < -0.4 is 10.5 Å². The number of nitrogens with two attached hydrogens (primary N) is 1. The first-order chi connectivity index (χ1) is 7.66. The highest BCUT2D eigenvalue weighted by molar-refractivity contribution is 9.10. The van der Waals surface area contributed by atoms with E-state index in [1.54, 1.807) is 0 Å². The molecule has 1 unspecified atom stereocenters. The molecule has 2 N–H and O–H groups in total. The van der Waals surface area contributed by atoms with Crippen LogP contribution in [0, 0.1) is 5.92 Å². The number of rotatable bonds is 4. The Labute approximate surface area is 105 Å². The van der Waals surface area contributed by atoms with Crippen LogP contribution >= 0.6 is 15.9 Å². The van der Waals surface area contributed by atoms with Crippen LogP contribution in [0.2, 0.25) is 0 Å². The Bertz CT molecular complexity index is 361. The summed E-state index contributed by atoms with van der Waals surface area (Å²) < 4.78 is 6.91. The van der Waals surface area contributed by atoms with Gasteiger partial charge in [0.2, 0.25) is 0 Å². The van der Waals surface area contributed by atoms with Crippen molar-refractivity contribution >= 4 is 15.9 Å². The van der Waals surface area contributed by atoms with Crippen molar-refractivity contribution in [3.63, 3.8) is 0 Å². The summed E-state index contributed by atoms with van der Waals surface area (Å²) in [6.45, 7) is 2.82. The lowest BCUT2D eigenvalue weighted by Crippen LogP contribution is -2.20. The molecule has 2 nitrogen and oxygen atoms in total. The van der Waals surface area contributed by atoms with Crippen LogP contribution in [0.3, 0.4) is 0 Å². The molecule has 2 rings (SSSR count). The van der Waals surface area contributed by atoms with Gasteiger partial charge in [-0.3, -0.25) is 0 Å². The van der Waals surface area contributed by atoms with Crippen molar-refractivity contribution in [3.8, 4) is 5.75 Å². The second-order valence-corrected chi connectivity index (χ2v) is 5.49. The summed E-state index contributed by atoms with van der Waals surface area (Å²) in [5.74, 6) is 1.69. The minimum Gasteiger partial charge on any atom is -0.493 e. The summed E-state index contributed by atoms with van der Waals surface area (Å²) in [6.07, 6.45) is 3.97. The molecule has 0 saturated heterocycles. The number of ether oxygens (including phenoxy) is 1. The third-order valence-electron chi connectivity index (χ3n) is 3.16. The molecule has 0 heterocycles. The lowest BCUT2D eigenvalue weighted by molar-refractivity contribution is 0.179. The molecule has 0 aliphatic heterocycles. The quantitative estimate of drug-likeness (QED) is 0.916. The van der Waals surface area contributed by atoms with Crippen molar-refractivity contribution < 1.29 is 4.74 Å². The lowest BCUT2D eigenvalue weighted by atomic mass is 9.86. The molecule has 88 valence electrons. The molecular weight excluding hydrogens is 266 g/mol. The van der Waals surface area contributed by atoms with Crippen LogP contribution in [0.5, 0.6) is 5.75 Å². The zero-order valence-corrected chi connectivity index (χ0v) is 11.2. The van der Waals surface area contributed by atoms with E-state index in [1.165, 1.54) is 19.3 Å². The number of halogens is 1. The van der Waals surface area contributed by atoms with Crippen LogP contribution in [0.15, 0.2) is 22.7 Å². The fourth-order valence-corrected chi connectivity index (χ4v) is 2.25. The smallest absolute Gasteiger partial charge is 0.124 e. The summed E-state index contributed by atoms with van der Waals surface area (Å²) >= 11 is 3.46. The Balaban J connectivity index is 2.05. The molecule has 1 fully saturated rings. The monoisotopic (exact) mass is 283 g/mol. The molecule has 1 saturated carbocycles. The van der Waals surface area contributed by atoms with Gasteiger partial charge >= 0.3 is 0 Å². The van der Waals surface area contributed by atoms with Gasteiger partial charge in [0.25, 0.3) is 0 Å². The third-order valence-corrected chi connectivity index (χ3v) is 3.65. The zero-order chi connectivity index (χ0) is 11.5. The Kier molecular flexibility index (Phi) is 3.87. The fourth-order valence-electron chi connectivity index (χ4n) is 1.87. The Morgan fingerprint density at radius 3 is 2.81 bits per heavy atom. The van der Waals surface area contributed by atoms with Gasteiger partial charge in [-0.05, 0) is 43.9 Å². The second kappa shape index (κ2) is 5.19. The fraction of sp³-hybridized carbons (Fsp3) is 0.538. The van der Waals surface area contributed by atoms with E-state index in [-0.39, 0.29) is 6.04 Å². The van der Waals surface area contributed by atoms with Crippen LogP contribution in [-0.4, -0.2) is 6.61 Å². The topological polar surface area (TPSA) is 35.2 Å². The predicted octanol–water partition coefficient (Wildman–Crippen LogP) is 3.65. The Morgan fingerprint density at radius 2 is 2.25 bits per heavy atom. The molecule has 1 aliphatic rings. The maximum Gasteiger partial charge on any atom is 0.124 e. The van der Waals surface area contributed by atoms with E-state index < -0.39 is 0 Å². The highest BCUT2D eigenvalue weighted by Gasteiger charge is 2.19. The van der Waals surface area contributed by atoms with Gasteiger partial charge in [0, 0.05) is 16.1 Å². The van der Waals surface area contributed by atoms with Crippen LogP contribution in [0.1, 0.15) is 37.8 Å². The van der Waals surface area contributed by atoms with Crippen molar-refractivity contribution in [2.24, 2.45) is 11.7 Å². The van der Waals surface area contributed by atoms with Crippen molar-refractivity contribution in [2.45, 2.75) is 32.2 Å². The predicted molar refractivity (Wildman–Crippen MR) is 69.6 cm³/mol. The van der Waals surface area contributed by atoms with Crippen molar-refractivity contribution in [1.29, 1.82) is 0 Å². The van der Waals surface area contributed by atoms with Crippen molar-refractivity contribution in [3.05, 3.63) is 28.2 Å². The molecule has 1 aromatic rings. The SMILES string of the molecule is CC(N)c1cc(Br)ccc1OCC1CCC1. The van der Waals surface area contributed by atoms with E-state index in [9.17, 15) is 0 Å². The summed E-state index contributed by atoms with van der Waals surface area (Å²) in [4.78, 5) is 0. The van der Waals surface area contributed by atoms with Gasteiger partial charge in [0.15, 0.2) is 0 Å². The van der Waals surface area contributed by atoms with Gasteiger partial charge in [-0.25, -0.2) is 0 Å². The summed E-state index contributed by atoms with van der Waals surface area (Å²) in [5.41, 5.74) is 7.01. The molecule has 1 aliphatic carbocycles. The standard InChI is InChI=1S/C13H18BrNO/c1-9(15)12-7-11(14)5-6-13(12)16-8-10-3-2-4-10/h5-7,9-10H,2-4,8,15H2,1H3. The van der Waals surface area contributed by atoms with E-state index in [1.807, 2.05) is 25.1 Å². The molecule has 0 spiro atoms. The molecular formula is C13H18BrNO. The van der Waals surface area contributed by atoms with Gasteiger partial charge in [0.1, 0.15) is 5.75 Å². The minimum atomic E-state index is 0.00823. The largest absolute Gasteiger partial charge is 0.493 e. The highest BCUT2D eigenvalue weighted by atomic mass is 79.9. The van der Waals surface area contributed by atoms with Crippen LogP contribution in [0.4, 0.5) is 0 Å². The van der Waals surface area contributed by atoms with Crippen molar-refractivity contribution in [1.82, 2.24) is 0 Å². The van der Waals surface area contributed by atoms with E-state index in [0.29, 0.717) is 0 Å². The van der Waals surface area contributed by atoms with Gasteiger partial charge < -0.3 is 10.5 Å². The number of hydrogen-bond acceptors (Lipinski definition) is 2. The van der Waals surface area contributed by atoms with Gasteiger partial charge in [-0.15, -0.1) is 0 Å². The first-order valence-electron chi connectivity index (χ1n) is 5.84. The van der Waals surface area contributed by atoms with E-state index in [4.69, 9.17) is 10.5 Å². The normalized spacial score (nSPS) is 17.9. The van der Waals surface area contributed by atoms with Gasteiger partial charge in [-0.1, -0.05) is 22.4 Å². The summed E-state index contributed by atoms with van der Waals surface area (Å²) in [6, 6.07) is 6.05. The molecule has 16 heavy (non-hydrogen) atoms. The zero-order valence-electron chi connectivity index (χ0n) is 9.58. The highest BCUT2D eigenvalue weighted by Crippen LogP contribution is 2.31. The van der Waals surface area contributed by atoms with Gasteiger partial charge in [0.05, 0.1) is 6.61 Å². The molecule has 0 radical (unpaired) electrons. The second-order valence-electron chi connectivity index (χ2n) is 4.58. The summed E-state index contributed by atoms with van der Waals surface area (Å²) in [5, 5.41) is 0. The minimum absolute atomic E-state index is 0.00823.